The molecule has 1 aromatic carbocycles. The zero-order valence-corrected chi connectivity index (χ0v) is 18.2. The van der Waals surface area contributed by atoms with Gasteiger partial charge >= 0.3 is 0 Å². The fourth-order valence-corrected chi connectivity index (χ4v) is 2.14. The highest BCUT2D eigenvalue weighted by Gasteiger charge is 2.11. The van der Waals surface area contributed by atoms with Gasteiger partial charge in [0.15, 0.2) is 0 Å². The van der Waals surface area contributed by atoms with Crippen LogP contribution in [0.2, 0.25) is 0 Å². The summed E-state index contributed by atoms with van der Waals surface area (Å²) in [6.07, 6.45) is 0. The Morgan fingerprint density at radius 1 is 0.500 bits per heavy atom. The van der Waals surface area contributed by atoms with Crippen LogP contribution in [0.4, 0.5) is 0 Å². The summed E-state index contributed by atoms with van der Waals surface area (Å²) in [6.45, 7) is 33.1. The highest BCUT2D eigenvalue weighted by molar-refractivity contribution is 5.71. The van der Waals surface area contributed by atoms with E-state index in [0.717, 1.165) is 0 Å². The molecule has 0 heterocycles. The minimum absolute atomic E-state index is 1.17. The van der Waals surface area contributed by atoms with Crippen molar-refractivity contribution in [1.29, 1.82) is 0 Å². The van der Waals surface area contributed by atoms with Gasteiger partial charge in [-0.25, -0.2) is 0 Å². The molecular weight excluding hydrogens is 264 g/mol. The largest absolute Gasteiger partial charge is 0.0955 e. The standard InChI is InChI=1S/C14H20.4C2H6/c1-8(2)14-12(6)10(4)9(3)11(5)13(14)7;4*1-2/h1H2,2-7H3;4*1-2H3. The molecule has 0 radical (unpaired) electrons. The number of benzene rings is 1. The van der Waals surface area contributed by atoms with Crippen LogP contribution in [0, 0.1) is 34.6 Å². The van der Waals surface area contributed by atoms with Gasteiger partial charge in [-0.3, -0.25) is 0 Å². The lowest BCUT2D eigenvalue weighted by molar-refractivity contribution is 1.16. The quantitative estimate of drug-likeness (QED) is 0.488. The van der Waals surface area contributed by atoms with Crippen molar-refractivity contribution in [3.05, 3.63) is 40.0 Å². The molecule has 0 bridgehead atoms. The van der Waals surface area contributed by atoms with Gasteiger partial charge < -0.3 is 0 Å². The van der Waals surface area contributed by atoms with Crippen LogP contribution >= 0.6 is 0 Å². The van der Waals surface area contributed by atoms with Crippen molar-refractivity contribution in [2.75, 3.05) is 0 Å². The minimum Gasteiger partial charge on any atom is -0.0955 e. The first-order chi connectivity index (χ1) is 10.4. The van der Waals surface area contributed by atoms with E-state index in [4.69, 9.17) is 0 Å². The van der Waals surface area contributed by atoms with Gasteiger partial charge in [-0.15, -0.1) is 0 Å². The first-order valence-electron chi connectivity index (χ1n) is 9.10. The molecule has 1 aromatic rings. The Morgan fingerprint density at radius 3 is 0.864 bits per heavy atom. The lowest BCUT2D eigenvalue weighted by Gasteiger charge is -2.18. The lowest BCUT2D eigenvalue weighted by atomic mass is 9.87. The topological polar surface area (TPSA) is 0 Å². The van der Waals surface area contributed by atoms with Gasteiger partial charge in [0.1, 0.15) is 0 Å². The van der Waals surface area contributed by atoms with E-state index in [0.29, 0.717) is 0 Å². The monoisotopic (exact) mass is 308 g/mol. The maximum atomic E-state index is 4.06. The molecule has 1 rings (SSSR count). The van der Waals surface area contributed by atoms with Crippen molar-refractivity contribution in [2.45, 2.75) is 96.9 Å². The number of rotatable bonds is 1. The molecule has 0 spiro atoms. The molecule has 0 aliphatic carbocycles. The Morgan fingerprint density at radius 2 is 0.682 bits per heavy atom. The molecule has 0 aromatic heterocycles. The van der Waals surface area contributed by atoms with Gasteiger partial charge in [-0.2, -0.15) is 0 Å². The molecule has 0 fully saturated rings. The van der Waals surface area contributed by atoms with E-state index >= 15 is 0 Å². The van der Waals surface area contributed by atoms with Crippen LogP contribution in [0.25, 0.3) is 5.57 Å². The third kappa shape index (κ3) is 8.41. The molecule has 0 N–H and O–H groups in total. The van der Waals surface area contributed by atoms with Crippen LogP contribution in [0.15, 0.2) is 6.58 Å². The van der Waals surface area contributed by atoms with Crippen molar-refractivity contribution in [3.8, 4) is 0 Å². The summed E-state index contributed by atoms with van der Waals surface area (Å²) in [5.41, 5.74) is 9.54. The van der Waals surface area contributed by atoms with E-state index in [1.807, 2.05) is 55.4 Å². The first-order valence-corrected chi connectivity index (χ1v) is 9.10. The van der Waals surface area contributed by atoms with E-state index in [1.165, 1.54) is 39.0 Å². The van der Waals surface area contributed by atoms with Gasteiger partial charge in [0.2, 0.25) is 0 Å². The van der Waals surface area contributed by atoms with Crippen molar-refractivity contribution in [2.24, 2.45) is 0 Å². The Hall–Kier alpha value is -1.04. The second-order valence-electron chi connectivity index (χ2n) is 4.28. The van der Waals surface area contributed by atoms with Crippen LogP contribution in [-0.4, -0.2) is 0 Å². The summed E-state index contributed by atoms with van der Waals surface area (Å²) >= 11 is 0. The highest BCUT2D eigenvalue weighted by atomic mass is 14.2. The van der Waals surface area contributed by atoms with E-state index in [1.54, 1.807) is 0 Å². The maximum Gasteiger partial charge on any atom is -0.0169 e. The Labute approximate surface area is 143 Å². The fourth-order valence-electron chi connectivity index (χ4n) is 2.14. The lowest BCUT2D eigenvalue weighted by Crippen LogP contribution is -2.00. The predicted octanol–water partition coefficient (Wildman–Crippen LogP) is 8.37. The molecule has 0 amide bonds. The van der Waals surface area contributed by atoms with E-state index < -0.39 is 0 Å². The average molecular weight is 309 g/mol. The number of hydrogen-bond acceptors (Lipinski definition) is 0. The summed E-state index contributed by atoms with van der Waals surface area (Å²) < 4.78 is 0. The number of allylic oxidation sites excluding steroid dienone is 1. The molecule has 22 heavy (non-hydrogen) atoms. The van der Waals surface area contributed by atoms with Crippen LogP contribution < -0.4 is 0 Å². The summed E-state index contributed by atoms with van der Waals surface area (Å²) in [7, 11) is 0. The maximum absolute atomic E-state index is 4.06. The van der Waals surface area contributed by atoms with E-state index in [9.17, 15) is 0 Å². The third-order valence-electron chi connectivity index (χ3n) is 3.43. The van der Waals surface area contributed by atoms with Crippen LogP contribution in [0.3, 0.4) is 0 Å². The van der Waals surface area contributed by atoms with E-state index in [-0.39, 0.29) is 0 Å². The van der Waals surface area contributed by atoms with Crippen molar-refractivity contribution in [3.63, 3.8) is 0 Å². The van der Waals surface area contributed by atoms with Crippen LogP contribution in [-0.2, 0) is 0 Å². The van der Waals surface area contributed by atoms with Crippen molar-refractivity contribution < 1.29 is 0 Å². The summed E-state index contributed by atoms with van der Waals surface area (Å²) in [5.74, 6) is 0. The molecule has 0 atom stereocenters. The van der Waals surface area contributed by atoms with E-state index in [2.05, 4.69) is 48.1 Å². The Kier molecular flexibility index (Phi) is 23.8. The zero-order valence-electron chi connectivity index (χ0n) is 18.2. The van der Waals surface area contributed by atoms with Gasteiger partial charge in [-0.05, 0) is 74.9 Å². The fraction of sp³-hybridized carbons (Fsp3) is 0.636. The molecule has 0 saturated carbocycles. The average Bonchev–Trinajstić information content (AvgIpc) is 2.58. The Balaban J connectivity index is -0.000000175. The first kappa shape index (κ1) is 29.0. The molecule has 0 heteroatoms. The van der Waals surface area contributed by atoms with Crippen LogP contribution in [0.5, 0.6) is 0 Å². The molecule has 0 nitrogen and oxygen atoms in total. The van der Waals surface area contributed by atoms with Crippen molar-refractivity contribution >= 4 is 5.57 Å². The summed E-state index contributed by atoms with van der Waals surface area (Å²) in [5, 5.41) is 0. The minimum atomic E-state index is 1.17. The van der Waals surface area contributed by atoms with Gasteiger partial charge in [0.05, 0.1) is 0 Å². The molecule has 0 unspecified atom stereocenters. The zero-order chi connectivity index (χ0) is 19.0. The second kappa shape index (κ2) is 18.0. The molecular formula is C22H44. The number of hydrogen-bond donors (Lipinski definition) is 0. The summed E-state index contributed by atoms with van der Waals surface area (Å²) in [6, 6.07) is 0. The molecule has 132 valence electrons. The van der Waals surface area contributed by atoms with Crippen LogP contribution in [0.1, 0.15) is 95.7 Å². The van der Waals surface area contributed by atoms with Gasteiger partial charge in [-0.1, -0.05) is 67.5 Å². The predicted molar refractivity (Wildman–Crippen MR) is 110 cm³/mol. The molecule has 0 aliphatic rings. The van der Waals surface area contributed by atoms with Gasteiger partial charge in [0.25, 0.3) is 0 Å². The Bertz CT molecular complexity index is 366. The summed E-state index contributed by atoms with van der Waals surface area (Å²) in [4.78, 5) is 0. The van der Waals surface area contributed by atoms with Crippen molar-refractivity contribution in [1.82, 2.24) is 0 Å². The normalized spacial score (nSPS) is 7.73. The SMILES string of the molecule is C=C(C)c1c(C)c(C)c(C)c(C)c1C.CC.CC.CC.CC. The molecule has 0 aliphatic heterocycles. The van der Waals surface area contributed by atoms with Gasteiger partial charge in [0, 0.05) is 0 Å². The molecule has 0 saturated heterocycles. The smallest absolute Gasteiger partial charge is 0.0169 e. The third-order valence-corrected chi connectivity index (χ3v) is 3.43. The second-order valence-corrected chi connectivity index (χ2v) is 4.28. The highest BCUT2D eigenvalue weighted by Crippen LogP contribution is 2.29.